The molecule has 1 aliphatic rings. The number of allylic oxidation sites excluding steroid dienone is 4. The lowest BCUT2D eigenvalue weighted by Crippen LogP contribution is -2.06. The third kappa shape index (κ3) is 8.93. The molecule has 0 aliphatic heterocycles. The van der Waals surface area contributed by atoms with Crippen LogP contribution in [0.25, 0.3) is 0 Å². The van der Waals surface area contributed by atoms with Gasteiger partial charge < -0.3 is 5.11 Å². The highest BCUT2D eigenvalue weighted by Crippen LogP contribution is 2.22. The zero-order chi connectivity index (χ0) is 15.5. The Morgan fingerprint density at radius 1 is 1.19 bits per heavy atom. The van der Waals surface area contributed by atoms with Crippen LogP contribution in [0.2, 0.25) is 0 Å². The Morgan fingerprint density at radius 2 is 1.81 bits per heavy atom. The van der Waals surface area contributed by atoms with Gasteiger partial charge in [0, 0.05) is 0 Å². The Bertz CT molecular complexity index is 351. The fraction of sp³-hybridized carbons (Fsp3) is 0.700. The molecule has 120 valence electrons. The van der Waals surface area contributed by atoms with Gasteiger partial charge in [0.2, 0.25) is 0 Å². The van der Waals surface area contributed by atoms with E-state index in [9.17, 15) is 5.11 Å². The van der Waals surface area contributed by atoms with Crippen molar-refractivity contribution in [3.8, 4) is 0 Å². The van der Waals surface area contributed by atoms with Crippen LogP contribution in [0, 0.1) is 5.92 Å². The van der Waals surface area contributed by atoms with E-state index in [0.29, 0.717) is 0 Å². The van der Waals surface area contributed by atoms with Gasteiger partial charge in [0.15, 0.2) is 0 Å². The van der Waals surface area contributed by atoms with Crippen molar-refractivity contribution < 1.29 is 5.11 Å². The van der Waals surface area contributed by atoms with Crippen molar-refractivity contribution in [2.75, 3.05) is 0 Å². The zero-order valence-electron chi connectivity index (χ0n) is 14.1. The van der Waals surface area contributed by atoms with Gasteiger partial charge in [-0.3, -0.25) is 0 Å². The summed E-state index contributed by atoms with van der Waals surface area (Å²) in [6, 6.07) is 0. The van der Waals surface area contributed by atoms with E-state index in [1.807, 2.05) is 6.92 Å². The van der Waals surface area contributed by atoms with E-state index in [2.05, 4.69) is 31.7 Å². The van der Waals surface area contributed by atoms with Crippen molar-refractivity contribution in [2.45, 2.75) is 84.2 Å². The van der Waals surface area contributed by atoms with Gasteiger partial charge in [0.25, 0.3) is 0 Å². The normalized spacial score (nSPS) is 19.4. The lowest BCUT2D eigenvalue weighted by Gasteiger charge is -2.14. The Labute approximate surface area is 131 Å². The highest BCUT2D eigenvalue weighted by molar-refractivity contribution is 5.21. The molecule has 0 heterocycles. The molecule has 1 heteroatoms. The first-order valence-electron chi connectivity index (χ1n) is 8.78. The predicted octanol–water partition coefficient (Wildman–Crippen LogP) is 5.96. The largest absolute Gasteiger partial charge is 0.389 e. The number of hydrogen-bond acceptors (Lipinski definition) is 1. The maximum atomic E-state index is 9.63. The zero-order valence-corrected chi connectivity index (χ0v) is 14.1. The maximum Gasteiger partial charge on any atom is 0.0744 e. The molecule has 0 aromatic heterocycles. The van der Waals surface area contributed by atoms with Crippen molar-refractivity contribution in [1.29, 1.82) is 0 Å². The third-order valence-electron chi connectivity index (χ3n) is 4.50. The van der Waals surface area contributed by atoms with E-state index in [4.69, 9.17) is 0 Å². The van der Waals surface area contributed by atoms with E-state index in [1.54, 1.807) is 0 Å². The van der Waals surface area contributed by atoms with Gasteiger partial charge in [-0.05, 0) is 39.0 Å². The minimum absolute atomic E-state index is 0.286. The summed E-state index contributed by atoms with van der Waals surface area (Å²) in [5.74, 6) is 0.789. The van der Waals surface area contributed by atoms with Gasteiger partial charge in [0.1, 0.15) is 0 Å². The van der Waals surface area contributed by atoms with E-state index < -0.39 is 0 Å². The Balaban J connectivity index is 1.85. The van der Waals surface area contributed by atoms with Crippen LogP contribution in [0.15, 0.2) is 36.0 Å². The molecule has 0 radical (unpaired) electrons. The molecule has 0 amide bonds. The molecule has 0 bridgehead atoms. The summed E-state index contributed by atoms with van der Waals surface area (Å²) >= 11 is 0. The van der Waals surface area contributed by atoms with E-state index >= 15 is 0 Å². The summed E-state index contributed by atoms with van der Waals surface area (Å²) in [5, 5.41) is 9.63. The molecule has 1 N–H and O–H groups in total. The number of aliphatic hydroxyl groups excluding tert-OH is 1. The van der Waals surface area contributed by atoms with Crippen molar-refractivity contribution in [1.82, 2.24) is 0 Å². The van der Waals surface area contributed by atoms with Crippen LogP contribution in [0.5, 0.6) is 0 Å². The van der Waals surface area contributed by atoms with E-state index in [-0.39, 0.29) is 6.10 Å². The minimum Gasteiger partial charge on any atom is -0.389 e. The summed E-state index contributed by atoms with van der Waals surface area (Å²) in [6.45, 7) is 7.88. The number of unbranched alkanes of at least 4 members (excludes halogenated alkanes) is 6. The predicted molar refractivity (Wildman–Crippen MR) is 93.4 cm³/mol. The van der Waals surface area contributed by atoms with Crippen LogP contribution in [-0.4, -0.2) is 11.2 Å². The summed E-state index contributed by atoms with van der Waals surface area (Å²) in [6.07, 6.45) is 19.4. The van der Waals surface area contributed by atoms with E-state index in [0.717, 1.165) is 24.3 Å². The van der Waals surface area contributed by atoms with Crippen LogP contribution in [-0.2, 0) is 0 Å². The number of rotatable bonds is 11. The number of hydrogen-bond donors (Lipinski definition) is 1. The topological polar surface area (TPSA) is 20.2 Å². The second-order valence-electron chi connectivity index (χ2n) is 6.72. The second-order valence-corrected chi connectivity index (χ2v) is 6.72. The Morgan fingerprint density at radius 3 is 2.38 bits per heavy atom. The molecular weight excluding hydrogens is 256 g/mol. The van der Waals surface area contributed by atoms with Crippen molar-refractivity contribution in [2.24, 2.45) is 5.92 Å². The summed E-state index contributed by atoms with van der Waals surface area (Å²) in [5.41, 5.74) is 2.32. The lowest BCUT2D eigenvalue weighted by molar-refractivity contribution is 0.196. The molecular formula is C20H34O. The molecule has 21 heavy (non-hydrogen) atoms. The van der Waals surface area contributed by atoms with Crippen molar-refractivity contribution in [3.63, 3.8) is 0 Å². The van der Waals surface area contributed by atoms with Crippen molar-refractivity contribution in [3.05, 3.63) is 36.0 Å². The molecule has 0 saturated heterocycles. The minimum atomic E-state index is -0.286. The van der Waals surface area contributed by atoms with Crippen LogP contribution in [0.1, 0.15) is 78.1 Å². The molecule has 0 saturated carbocycles. The maximum absolute atomic E-state index is 9.63. The Hall–Kier alpha value is -0.820. The second kappa shape index (κ2) is 10.8. The Kier molecular flexibility index (Phi) is 9.41. The lowest BCUT2D eigenvalue weighted by atomic mass is 9.92. The SMILES string of the molecule is C=C(C)C(O)CCCCCCCCCC1C=CC(C)=CC1. The molecule has 0 fully saturated rings. The fourth-order valence-corrected chi connectivity index (χ4v) is 2.86. The van der Waals surface area contributed by atoms with Crippen LogP contribution < -0.4 is 0 Å². The molecule has 2 unspecified atom stereocenters. The number of aliphatic hydroxyl groups is 1. The first-order chi connectivity index (χ1) is 10.1. The fourth-order valence-electron chi connectivity index (χ4n) is 2.86. The third-order valence-corrected chi connectivity index (χ3v) is 4.50. The smallest absolute Gasteiger partial charge is 0.0744 e. The van der Waals surface area contributed by atoms with Gasteiger partial charge in [-0.1, -0.05) is 80.9 Å². The molecule has 1 nitrogen and oxygen atoms in total. The first kappa shape index (κ1) is 18.2. The standard InChI is InChI=1S/C20H34O/c1-17(2)20(21)12-10-8-6-4-5-7-9-11-19-15-13-18(3)14-16-19/h13-15,19-21H,1,4-12,16H2,2-3H3. The average Bonchev–Trinajstić information content (AvgIpc) is 2.47. The average molecular weight is 290 g/mol. The molecule has 2 atom stereocenters. The summed E-state index contributed by atoms with van der Waals surface area (Å²) in [4.78, 5) is 0. The van der Waals surface area contributed by atoms with Gasteiger partial charge in [-0.2, -0.15) is 0 Å². The van der Waals surface area contributed by atoms with Crippen LogP contribution >= 0.6 is 0 Å². The van der Waals surface area contributed by atoms with Crippen LogP contribution in [0.4, 0.5) is 0 Å². The van der Waals surface area contributed by atoms with E-state index in [1.165, 1.54) is 56.9 Å². The highest BCUT2D eigenvalue weighted by atomic mass is 16.3. The van der Waals surface area contributed by atoms with Gasteiger partial charge in [-0.15, -0.1) is 0 Å². The summed E-state index contributed by atoms with van der Waals surface area (Å²) in [7, 11) is 0. The van der Waals surface area contributed by atoms with Crippen LogP contribution in [0.3, 0.4) is 0 Å². The molecule has 0 aromatic carbocycles. The van der Waals surface area contributed by atoms with Gasteiger partial charge in [0.05, 0.1) is 6.10 Å². The van der Waals surface area contributed by atoms with Gasteiger partial charge >= 0.3 is 0 Å². The highest BCUT2D eigenvalue weighted by Gasteiger charge is 2.06. The van der Waals surface area contributed by atoms with Gasteiger partial charge in [-0.25, -0.2) is 0 Å². The molecule has 1 aliphatic carbocycles. The quantitative estimate of drug-likeness (QED) is 0.368. The first-order valence-corrected chi connectivity index (χ1v) is 8.78. The summed E-state index contributed by atoms with van der Waals surface area (Å²) < 4.78 is 0. The monoisotopic (exact) mass is 290 g/mol. The molecule has 1 rings (SSSR count). The van der Waals surface area contributed by atoms with Crippen molar-refractivity contribution >= 4 is 0 Å². The molecule has 0 spiro atoms. The molecule has 0 aromatic rings.